The highest BCUT2D eigenvalue weighted by molar-refractivity contribution is 5.71. The fraction of sp³-hybridized carbons (Fsp3) is 0.214. The van der Waals surface area contributed by atoms with E-state index in [-0.39, 0.29) is 0 Å². The van der Waals surface area contributed by atoms with E-state index in [2.05, 4.69) is 29.9 Å². The Morgan fingerprint density at radius 1 is 1.18 bits per heavy atom. The van der Waals surface area contributed by atoms with Gasteiger partial charge in [0.25, 0.3) is 0 Å². The highest BCUT2D eigenvalue weighted by Gasteiger charge is 2.08. The van der Waals surface area contributed by atoms with Crippen molar-refractivity contribution in [1.82, 2.24) is 4.98 Å². The third-order valence-corrected chi connectivity index (χ3v) is 2.82. The number of aryl methyl sites for hydroxylation is 1. The molecular formula is C14H17N3. The van der Waals surface area contributed by atoms with Crippen LogP contribution in [-0.2, 0) is 6.54 Å². The minimum atomic E-state index is 0.821. The number of nitrogen functional groups attached to an aromatic ring is 1. The van der Waals surface area contributed by atoms with Crippen molar-refractivity contribution in [2.24, 2.45) is 0 Å². The predicted molar refractivity (Wildman–Crippen MR) is 71.9 cm³/mol. The van der Waals surface area contributed by atoms with Gasteiger partial charge >= 0.3 is 0 Å². The van der Waals surface area contributed by atoms with Gasteiger partial charge in [-0.1, -0.05) is 12.1 Å². The van der Waals surface area contributed by atoms with Crippen LogP contribution in [0.5, 0.6) is 0 Å². The summed E-state index contributed by atoms with van der Waals surface area (Å²) < 4.78 is 0. The van der Waals surface area contributed by atoms with E-state index in [9.17, 15) is 0 Å². The molecule has 0 radical (unpaired) electrons. The first-order chi connectivity index (χ1) is 8.18. The molecule has 2 rings (SSSR count). The lowest BCUT2D eigenvalue weighted by Gasteiger charge is -2.23. The quantitative estimate of drug-likeness (QED) is 0.819. The summed E-state index contributed by atoms with van der Waals surface area (Å²) in [6.45, 7) is 2.91. The summed E-state index contributed by atoms with van der Waals surface area (Å²) >= 11 is 0. The van der Waals surface area contributed by atoms with Gasteiger partial charge in [-0.25, -0.2) is 0 Å². The molecular weight excluding hydrogens is 210 g/mol. The molecule has 2 aromatic rings. The number of para-hydroxylation sites is 1. The molecule has 88 valence electrons. The van der Waals surface area contributed by atoms with E-state index in [0.29, 0.717) is 0 Å². The number of aromatic nitrogens is 1. The maximum atomic E-state index is 6.02. The molecule has 2 N–H and O–H groups in total. The van der Waals surface area contributed by atoms with Gasteiger partial charge in [0.1, 0.15) is 0 Å². The summed E-state index contributed by atoms with van der Waals surface area (Å²) in [6.07, 6.45) is 3.62. The van der Waals surface area contributed by atoms with Gasteiger partial charge in [-0.05, 0) is 36.2 Å². The molecule has 0 aliphatic carbocycles. The van der Waals surface area contributed by atoms with E-state index >= 15 is 0 Å². The summed E-state index contributed by atoms with van der Waals surface area (Å²) in [5.41, 5.74) is 10.4. The highest BCUT2D eigenvalue weighted by atomic mass is 15.1. The molecule has 0 saturated heterocycles. The topological polar surface area (TPSA) is 42.1 Å². The standard InChI is InChI=1S/C14H17N3/c1-11-4-3-5-13(15)14(11)17(2)10-12-6-8-16-9-7-12/h3-9H,10,15H2,1-2H3. The van der Waals surface area contributed by atoms with Crippen molar-refractivity contribution >= 4 is 11.4 Å². The third-order valence-electron chi connectivity index (χ3n) is 2.82. The Kier molecular flexibility index (Phi) is 3.28. The number of benzene rings is 1. The molecule has 0 spiro atoms. The minimum absolute atomic E-state index is 0.821. The SMILES string of the molecule is Cc1cccc(N)c1N(C)Cc1ccncc1. The van der Waals surface area contributed by atoms with E-state index in [1.54, 1.807) is 0 Å². The Morgan fingerprint density at radius 3 is 2.53 bits per heavy atom. The lowest BCUT2D eigenvalue weighted by molar-refractivity contribution is 0.916. The van der Waals surface area contributed by atoms with Gasteiger partial charge in [0.2, 0.25) is 0 Å². The molecule has 1 heterocycles. The van der Waals surface area contributed by atoms with E-state index in [1.807, 2.05) is 36.7 Å². The Bertz CT molecular complexity index is 474. The van der Waals surface area contributed by atoms with Gasteiger partial charge in [-0.15, -0.1) is 0 Å². The second-order valence-electron chi connectivity index (χ2n) is 4.22. The zero-order chi connectivity index (χ0) is 12.3. The van der Waals surface area contributed by atoms with Crippen molar-refractivity contribution in [2.45, 2.75) is 13.5 Å². The number of hydrogen-bond acceptors (Lipinski definition) is 3. The van der Waals surface area contributed by atoms with E-state index in [1.165, 1.54) is 11.1 Å². The second-order valence-corrected chi connectivity index (χ2v) is 4.22. The van der Waals surface area contributed by atoms with Gasteiger partial charge < -0.3 is 10.6 Å². The number of hydrogen-bond donors (Lipinski definition) is 1. The van der Waals surface area contributed by atoms with Crippen molar-refractivity contribution in [1.29, 1.82) is 0 Å². The molecule has 3 nitrogen and oxygen atoms in total. The number of nitrogens with two attached hydrogens (primary N) is 1. The first-order valence-corrected chi connectivity index (χ1v) is 5.63. The third kappa shape index (κ3) is 2.56. The zero-order valence-electron chi connectivity index (χ0n) is 10.2. The molecule has 0 fully saturated rings. The van der Waals surface area contributed by atoms with Crippen LogP contribution in [0.3, 0.4) is 0 Å². The van der Waals surface area contributed by atoms with E-state index in [4.69, 9.17) is 5.73 Å². The molecule has 0 bridgehead atoms. The number of pyridine rings is 1. The molecule has 0 aliphatic rings. The van der Waals surface area contributed by atoms with Crippen LogP contribution in [0.25, 0.3) is 0 Å². The first kappa shape index (κ1) is 11.5. The minimum Gasteiger partial charge on any atom is -0.397 e. The van der Waals surface area contributed by atoms with Crippen LogP contribution in [-0.4, -0.2) is 12.0 Å². The Morgan fingerprint density at radius 2 is 1.88 bits per heavy atom. The average molecular weight is 227 g/mol. The lowest BCUT2D eigenvalue weighted by atomic mass is 10.1. The fourth-order valence-corrected chi connectivity index (χ4v) is 2.04. The molecule has 0 unspecified atom stereocenters. The van der Waals surface area contributed by atoms with Gasteiger partial charge in [-0.3, -0.25) is 4.98 Å². The van der Waals surface area contributed by atoms with Crippen LogP contribution >= 0.6 is 0 Å². The average Bonchev–Trinajstić information content (AvgIpc) is 2.30. The Balaban J connectivity index is 2.23. The highest BCUT2D eigenvalue weighted by Crippen LogP contribution is 2.27. The van der Waals surface area contributed by atoms with E-state index < -0.39 is 0 Å². The summed E-state index contributed by atoms with van der Waals surface area (Å²) in [4.78, 5) is 6.18. The molecule has 3 heteroatoms. The van der Waals surface area contributed by atoms with Gasteiger partial charge in [0.15, 0.2) is 0 Å². The fourth-order valence-electron chi connectivity index (χ4n) is 2.04. The number of rotatable bonds is 3. The summed E-state index contributed by atoms with van der Waals surface area (Å²) in [5, 5.41) is 0. The van der Waals surface area contributed by atoms with Crippen LogP contribution in [0.2, 0.25) is 0 Å². The summed E-state index contributed by atoms with van der Waals surface area (Å²) in [5.74, 6) is 0. The molecule has 0 amide bonds. The van der Waals surface area contributed by atoms with Gasteiger partial charge in [-0.2, -0.15) is 0 Å². The van der Waals surface area contributed by atoms with Crippen LogP contribution in [0.4, 0.5) is 11.4 Å². The van der Waals surface area contributed by atoms with Crippen LogP contribution in [0.1, 0.15) is 11.1 Å². The number of nitrogens with zero attached hydrogens (tertiary/aromatic N) is 2. The Hall–Kier alpha value is -2.03. The largest absolute Gasteiger partial charge is 0.397 e. The van der Waals surface area contributed by atoms with Gasteiger partial charge in [0.05, 0.1) is 11.4 Å². The molecule has 17 heavy (non-hydrogen) atoms. The van der Waals surface area contributed by atoms with Crippen LogP contribution in [0.15, 0.2) is 42.7 Å². The molecule has 0 aliphatic heterocycles. The van der Waals surface area contributed by atoms with Crippen molar-refractivity contribution < 1.29 is 0 Å². The Labute approximate surface area is 102 Å². The predicted octanol–water partition coefficient (Wildman–Crippen LogP) is 2.61. The van der Waals surface area contributed by atoms with Crippen molar-refractivity contribution in [3.63, 3.8) is 0 Å². The first-order valence-electron chi connectivity index (χ1n) is 5.63. The second kappa shape index (κ2) is 4.87. The lowest BCUT2D eigenvalue weighted by Crippen LogP contribution is -2.18. The monoisotopic (exact) mass is 227 g/mol. The van der Waals surface area contributed by atoms with Crippen molar-refractivity contribution in [3.05, 3.63) is 53.9 Å². The van der Waals surface area contributed by atoms with Crippen LogP contribution < -0.4 is 10.6 Å². The summed E-state index contributed by atoms with van der Waals surface area (Å²) in [7, 11) is 2.05. The molecule has 0 saturated carbocycles. The van der Waals surface area contributed by atoms with Crippen molar-refractivity contribution in [2.75, 3.05) is 17.7 Å². The van der Waals surface area contributed by atoms with E-state index in [0.717, 1.165) is 17.9 Å². The smallest absolute Gasteiger partial charge is 0.0630 e. The summed E-state index contributed by atoms with van der Waals surface area (Å²) in [6, 6.07) is 10.0. The van der Waals surface area contributed by atoms with Gasteiger partial charge in [0, 0.05) is 26.0 Å². The number of anilines is 2. The van der Waals surface area contributed by atoms with Crippen molar-refractivity contribution in [3.8, 4) is 0 Å². The van der Waals surface area contributed by atoms with Crippen LogP contribution in [0, 0.1) is 6.92 Å². The molecule has 1 aromatic heterocycles. The maximum Gasteiger partial charge on any atom is 0.0630 e. The maximum absolute atomic E-state index is 6.02. The molecule has 1 aromatic carbocycles. The zero-order valence-corrected chi connectivity index (χ0v) is 10.2. The normalized spacial score (nSPS) is 10.2. The molecule has 0 atom stereocenters.